The number of anilines is 1. The van der Waals surface area contributed by atoms with Gasteiger partial charge in [0.15, 0.2) is 0 Å². The van der Waals surface area contributed by atoms with Crippen molar-refractivity contribution in [2.24, 2.45) is 5.73 Å². The van der Waals surface area contributed by atoms with Gasteiger partial charge in [0.1, 0.15) is 5.75 Å². The lowest BCUT2D eigenvalue weighted by atomic mass is 10.2. The maximum Gasteiger partial charge on any atom is 0.119 e. The molecular weight excluding hydrogens is 264 g/mol. The van der Waals surface area contributed by atoms with Gasteiger partial charge in [-0.2, -0.15) is 0 Å². The van der Waals surface area contributed by atoms with Crippen molar-refractivity contribution in [1.82, 2.24) is 10.2 Å². The molecule has 0 amide bonds. The fourth-order valence-electron chi connectivity index (χ4n) is 2.26. The number of ether oxygens (including phenoxy) is 1. The average Bonchev–Trinajstić information content (AvgIpc) is 2.48. The van der Waals surface area contributed by atoms with Crippen LogP contribution in [0.2, 0.25) is 0 Å². The Morgan fingerprint density at radius 2 is 2.00 bits per heavy atom. The lowest BCUT2D eigenvalue weighted by Gasteiger charge is -2.35. The molecular formula is C16H30N4O. The van der Waals surface area contributed by atoms with Crippen LogP contribution in [0.4, 0.5) is 5.69 Å². The number of hydrogen-bond donors (Lipinski definition) is 2. The van der Waals surface area contributed by atoms with Crippen molar-refractivity contribution in [2.75, 3.05) is 58.8 Å². The van der Waals surface area contributed by atoms with Crippen molar-refractivity contribution in [2.45, 2.75) is 13.0 Å². The first-order valence-corrected chi connectivity index (χ1v) is 7.54. The molecule has 1 aliphatic heterocycles. The molecule has 5 nitrogen and oxygen atoms in total. The van der Waals surface area contributed by atoms with Gasteiger partial charge in [0.25, 0.3) is 0 Å². The molecule has 1 atom stereocenters. The van der Waals surface area contributed by atoms with E-state index in [0.29, 0.717) is 6.04 Å². The molecule has 1 aromatic rings. The van der Waals surface area contributed by atoms with E-state index in [1.54, 1.807) is 7.11 Å². The third-order valence-corrected chi connectivity index (χ3v) is 3.48. The van der Waals surface area contributed by atoms with Crippen LogP contribution in [0.25, 0.3) is 0 Å². The number of nitrogens with zero attached hydrogens (tertiary/aromatic N) is 2. The zero-order valence-corrected chi connectivity index (χ0v) is 13.8. The molecule has 5 heteroatoms. The number of benzene rings is 1. The molecule has 0 radical (unpaired) electrons. The number of piperazine rings is 1. The Bertz CT molecular complexity index is 380. The van der Waals surface area contributed by atoms with Crippen LogP contribution in [0.5, 0.6) is 5.75 Å². The third kappa shape index (κ3) is 6.33. The molecule has 21 heavy (non-hydrogen) atoms. The van der Waals surface area contributed by atoms with Crippen molar-refractivity contribution >= 4 is 5.69 Å². The number of hydrogen-bond acceptors (Lipinski definition) is 5. The van der Waals surface area contributed by atoms with Gasteiger partial charge in [0, 0.05) is 44.5 Å². The molecule has 0 bridgehead atoms. The van der Waals surface area contributed by atoms with E-state index in [1.807, 2.05) is 26.2 Å². The van der Waals surface area contributed by atoms with E-state index < -0.39 is 0 Å². The van der Waals surface area contributed by atoms with Crippen molar-refractivity contribution < 1.29 is 4.74 Å². The van der Waals surface area contributed by atoms with Gasteiger partial charge in [0.2, 0.25) is 0 Å². The highest BCUT2D eigenvalue weighted by Gasteiger charge is 2.17. The molecule has 1 unspecified atom stereocenters. The Hall–Kier alpha value is -1.30. The van der Waals surface area contributed by atoms with E-state index in [-0.39, 0.29) is 0 Å². The normalized spacial score (nSPS) is 18.2. The molecule has 3 N–H and O–H groups in total. The SMILES string of the molecule is CN(C)CCN.COc1ccc(N2CCNCC2C)cc1. The van der Waals surface area contributed by atoms with Crippen LogP contribution in [-0.2, 0) is 0 Å². The van der Waals surface area contributed by atoms with E-state index >= 15 is 0 Å². The number of nitrogens with two attached hydrogens (primary N) is 1. The maximum absolute atomic E-state index is 5.19. The van der Waals surface area contributed by atoms with Crippen molar-refractivity contribution in [3.63, 3.8) is 0 Å². The summed E-state index contributed by atoms with van der Waals surface area (Å²) in [6.45, 7) is 7.19. The Morgan fingerprint density at radius 1 is 1.33 bits per heavy atom. The second-order valence-electron chi connectivity index (χ2n) is 5.54. The predicted molar refractivity (Wildman–Crippen MR) is 90.3 cm³/mol. The van der Waals surface area contributed by atoms with Gasteiger partial charge in [-0.05, 0) is 45.3 Å². The maximum atomic E-state index is 5.19. The number of methoxy groups -OCH3 is 1. The molecule has 1 aromatic carbocycles. The molecule has 0 saturated carbocycles. The van der Waals surface area contributed by atoms with Crippen molar-refractivity contribution in [3.05, 3.63) is 24.3 Å². The van der Waals surface area contributed by atoms with E-state index in [0.717, 1.165) is 38.5 Å². The molecule has 0 spiro atoms. The minimum absolute atomic E-state index is 0.562. The Balaban J connectivity index is 0.000000315. The average molecular weight is 294 g/mol. The zero-order chi connectivity index (χ0) is 15.7. The van der Waals surface area contributed by atoms with E-state index in [9.17, 15) is 0 Å². The largest absolute Gasteiger partial charge is 0.497 e. The van der Waals surface area contributed by atoms with Crippen LogP contribution in [0.15, 0.2) is 24.3 Å². The molecule has 1 saturated heterocycles. The zero-order valence-electron chi connectivity index (χ0n) is 13.8. The lowest BCUT2D eigenvalue weighted by Crippen LogP contribution is -2.49. The van der Waals surface area contributed by atoms with Gasteiger partial charge in [-0.1, -0.05) is 0 Å². The molecule has 1 fully saturated rings. The topological polar surface area (TPSA) is 53.8 Å². The standard InChI is InChI=1S/C12H18N2O.C4H12N2/c1-10-9-13-7-8-14(10)11-3-5-12(15-2)6-4-11;1-6(2)4-3-5/h3-6,10,13H,7-9H2,1-2H3;3-5H2,1-2H3. The summed E-state index contributed by atoms with van der Waals surface area (Å²) in [5.41, 5.74) is 6.47. The molecule has 120 valence electrons. The molecule has 0 aliphatic carbocycles. The van der Waals surface area contributed by atoms with Crippen LogP contribution in [0.3, 0.4) is 0 Å². The minimum Gasteiger partial charge on any atom is -0.497 e. The third-order valence-electron chi connectivity index (χ3n) is 3.48. The van der Waals surface area contributed by atoms with Crippen LogP contribution in [0, 0.1) is 0 Å². The van der Waals surface area contributed by atoms with Crippen LogP contribution in [-0.4, -0.2) is 64.9 Å². The van der Waals surface area contributed by atoms with Gasteiger partial charge >= 0.3 is 0 Å². The molecule has 2 rings (SSSR count). The summed E-state index contributed by atoms with van der Waals surface area (Å²) in [4.78, 5) is 4.48. The summed E-state index contributed by atoms with van der Waals surface area (Å²) in [6, 6.07) is 8.85. The van der Waals surface area contributed by atoms with Crippen molar-refractivity contribution in [3.8, 4) is 5.75 Å². The van der Waals surface area contributed by atoms with Gasteiger partial charge < -0.3 is 25.6 Å². The highest BCUT2D eigenvalue weighted by atomic mass is 16.5. The number of likely N-dealkylation sites (N-methyl/N-ethyl adjacent to an activating group) is 1. The first-order valence-electron chi connectivity index (χ1n) is 7.54. The summed E-state index contributed by atoms with van der Waals surface area (Å²) >= 11 is 0. The first-order chi connectivity index (χ1) is 10.1. The Kier molecular flexibility index (Phi) is 8.12. The van der Waals surface area contributed by atoms with Crippen LogP contribution < -0.4 is 20.7 Å². The van der Waals surface area contributed by atoms with Crippen molar-refractivity contribution in [1.29, 1.82) is 0 Å². The van der Waals surface area contributed by atoms with Crippen LogP contribution >= 0.6 is 0 Å². The summed E-state index contributed by atoms with van der Waals surface area (Å²) in [5, 5.41) is 3.39. The lowest BCUT2D eigenvalue weighted by molar-refractivity contribution is 0.414. The van der Waals surface area contributed by atoms with Gasteiger partial charge in [-0.25, -0.2) is 0 Å². The van der Waals surface area contributed by atoms with E-state index in [2.05, 4.69) is 34.2 Å². The van der Waals surface area contributed by atoms with Gasteiger partial charge in [0.05, 0.1) is 7.11 Å². The predicted octanol–water partition coefficient (Wildman–Crippen LogP) is 1.00. The second kappa shape index (κ2) is 9.60. The summed E-state index contributed by atoms with van der Waals surface area (Å²) in [6.07, 6.45) is 0. The summed E-state index contributed by atoms with van der Waals surface area (Å²) in [7, 11) is 5.71. The quantitative estimate of drug-likeness (QED) is 0.868. The highest BCUT2D eigenvalue weighted by Crippen LogP contribution is 2.21. The monoisotopic (exact) mass is 294 g/mol. The smallest absolute Gasteiger partial charge is 0.119 e. The number of nitrogens with one attached hydrogen (secondary N) is 1. The van der Waals surface area contributed by atoms with E-state index in [1.165, 1.54) is 5.69 Å². The fourth-order valence-corrected chi connectivity index (χ4v) is 2.26. The van der Waals surface area contributed by atoms with Crippen LogP contribution in [0.1, 0.15) is 6.92 Å². The minimum atomic E-state index is 0.562. The Morgan fingerprint density at radius 3 is 2.43 bits per heavy atom. The summed E-state index contributed by atoms with van der Waals surface area (Å²) in [5.74, 6) is 0.918. The van der Waals surface area contributed by atoms with Gasteiger partial charge in [-0.15, -0.1) is 0 Å². The number of rotatable bonds is 4. The fraction of sp³-hybridized carbons (Fsp3) is 0.625. The highest BCUT2D eigenvalue weighted by molar-refractivity contribution is 5.50. The Labute approximate surface area is 129 Å². The second-order valence-corrected chi connectivity index (χ2v) is 5.54. The molecule has 1 aliphatic rings. The van der Waals surface area contributed by atoms with Gasteiger partial charge in [-0.3, -0.25) is 0 Å². The van der Waals surface area contributed by atoms with E-state index in [4.69, 9.17) is 10.5 Å². The molecule has 0 aromatic heterocycles. The molecule has 1 heterocycles. The summed E-state index contributed by atoms with van der Waals surface area (Å²) < 4.78 is 5.15. The first kappa shape index (κ1) is 17.8.